The highest BCUT2D eigenvalue weighted by molar-refractivity contribution is 6.42. The maximum Gasteiger partial charge on any atom is 0.326 e. The quantitative estimate of drug-likeness (QED) is 0.832. The van der Waals surface area contributed by atoms with Crippen molar-refractivity contribution in [1.82, 2.24) is 5.32 Å². The van der Waals surface area contributed by atoms with Crippen molar-refractivity contribution in [2.75, 3.05) is 30.4 Å². The summed E-state index contributed by atoms with van der Waals surface area (Å²) in [6.07, 6.45) is 0. The van der Waals surface area contributed by atoms with Crippen molar-refractivity contribution in [3.63, 3.8) is 0 Å². The Morgan fingerprint density at radius 1 is 1.12 bits per heavy atom. The van der Waals surface area contributed by atoms with Crippen LogP contribution in [0.4, 0.5) is 16.2 Å². The molecule has 8 heteroatoms. The van der Waals surface area contributed by atoms with Crippen molar-refractivity contribution < 1.29 is 14.3 Å². The lowest BCUT2D eigenvalue weighted by Crippen LogP contribution is -2.34. The molecule has 1 heterocycles. The van der Waals surface area contributed by atoms with Gasteiger partial charge in [-0.05, 0) is 36.4 Å². The highest BCUT2D eigenvalue weighted by atomic mass is 35.5. The summed E-state index contributed by atoms with van der Waals surface area (Å²) in [5, 5.41) is 5.47. The molecule has 6 nitrogen and oxygen atoms in total. The van der Waals surface area contributed by atoms with E-state index < -0.39 is 11.9 Å². The number of halogens is 2. The van der Waals surface area contributed by atoms with Crippen LogP contribution < -0.4 is 20.3 Å². The van der Waals surface area contributed by atoms with E-state index in [1.807, 2.05) is 11.9 Å². The minimum Gasteiger partial charge on any atom is -0.490 e. The van der Waals surface area contributed by atoms with Crippen molar-refractivity contribution in [1.29, 1.82) is 0 Å². The second-order valence-corrected chi connectivity index (χ2v) is 6.30. The third-order valence-corrected chi connectivity index (χ3v) is 4.46. The van der Waals surface area contributed by atoms with Crippen molar-refractivity contribution >= 4 is 46.5 Å². The number of hydrogen-bond acceptors (Lipinski definition) is 4. The van der Waals surface area contributed by atoms with Gasteiger partial charge in [0.05, 0.1) is 22.3 Å². The average molecular weight is 380 g/mol. The number of hydrogen-bond donors (Lipinski definition) is 2. The summed E-state index contributed by atoms with van der Waals surface area (Å²) in [4.78, 5) is 26.3. The Balaban J connectivity index is 1.67. The molecule has 1 aliphatic rings. The molecule has 2 aromatic carbocycles. The lowest BCUT2D eigenvalue weighted by atomic mass is 10.1. The topological polar surface area (TPSA) is 70.7 Å². The number of urea groups is 1. The third kappa shape index (κ3) is 3.97. The number of anilines is 2. The number of rotatable bonds is 2. The van der Waals surface area contributed by atoms with Crippen molar-refractivity contribution in [3.05, 3.63) is 52.0 Å². The van der Waals surface area contributed by atoms with Crippen LogP contribution in [-0.2, 0) is 0 Å². The summed E-state index contributed by atoms with van der Waals surface area (Å²) in [7, 11) is 1.95. The van der Waals surface area contributed by atoms with Gasteiger partial charge in [-0.3, -0.25) is 10.1 Å². The van der Waals surface area contributed by atoms with Crippen LogP contribution in [0.1, 0.15) is 10.4 Å². The van der Waals surface area contributed by atoms with E-state index in [1.165, 1.54) is 6.07 Å². The highest BCUT2D eigenvalue weighted by Gasteiger charge is 2.18. The van der Waals surface area contributed by atoms with Gasteiger partial charge < -0.3 is 15.0 Å². The van der Waals surface area contributed by atoms with Crippen molar-refractivity contribution in [3.8, 4) is 5.75 Å². The molecule has 0 radical (unpaired) electrons. The summed E-state index contributed by atoms with van der Waals surface area (Å²) in [5.74, 6) is 0.0866. The number of carbonyl (C=O) groups excluding carboxylic acids is 2. The van der Waals surface area contributed by atoms with Gasteiger partial charge in [-0.2, -0.15) is 0 Å². The first-order valence-corrected chi connectivity index (χ1v) is 8.25. The molecular formula is C17H15Cl2N3O3. The molecule has 25 heavy (non-hydrogen) atoms. The summed E-state index contributed by atoms with van der Waals surface area (Å²) >= 11 is 11.7. The van der Waals surface area contributed by atoms with Gasteiger partial charge in [-0.15, -0.1) is 0 Å². The number of likely N-dealkylation sites (N-methyl/N-ethyl adjacent to an activating group) is 1. The van der Waals surface area contributed by atoms with Crippen LogP contribution in [0.3, 0.4) is 0 Å². The Morgan fingerprint density at radius 3 is 2.68 bits per heavy atom. The molecule has 0 spiro atoms. The van der Waals surface area contributed by atoms with Crippen LogP contribution in [-0.4, -0.2) is 32.1 Å². The van der Waals surface area contributed by atoms with Crippen LogP contribution in [0.25, 0.3) is 0 Å². The maximum absolute atomic E-state index is 12.2. The lowest BCUT2D eigenvalue weighted by Gasteiger charge is -2.27. The maximum atomic E-state index is 12.2. The van der Waals surface area contributed by atoms with Gasteiger partial charge in [0.15, 0.2) is 0 Å². The van der Waals surface area contributed by atoms with E-state index >= 15 is 0 Å². The van der Waals surface area contributed by atoms with Crippen molar-refractivity contribution in [2.45, 2.75) is 0 Å². The van der Waals surface area contributed by atoms with E-state index in [1.54, 1.807) is 30.3 Å². The summed E-state index contributed by atoms with van der Waals surface area (Å²) in [5.41, 5.74) is 1.66. The molecule has 0 unspecified atom stereocenters. The number of nitrogens with zero attached hydrogens (tertiary/aromatic N) is 1. The van der Waals surface area contributed by atoms with Gasteiger partial charge in [0.2, 0.25) is 0 Å². The number of ether oxygens (including phenoxy) is 1. The van der Waals surface area contributed by atoms with Crippen LogP contribution in [0, 0.1) is 0 Å². The predicted octanol–water partition coefficient (Wildman–Crippen LogP) is 3.78. The van der Waals surface area contributed by atoms with Crippen molar-refractivity contribution in [2.24, 2.45) is 0 Å². The number of carbonyl (C=O) groups is 2. The van der Waals surface area contributed by atoms with Gasteiger partial charge in [-0.25, -0.2) is 4.79 Å². The largest absolute Gasteiger partial charge is 0.490 e. The van der Waals surface area contributed by atoms with E-state index in [9.17, 15) is 9.59 Å². The predicted molar refractivity (Wildman–Crippen MR) is 98.2 cm³/mol. The fourth-order valence-electron chi connectivity index (χ4n) is 2.41. The molecule has 1 aliphatic heterocycles. The number of benzene rings is 2. The van der Waals surface area contributed by atoms with Gasteiger partial charge in [0.25, 0.3) is 5.91 Å². The minimum atomic E-state index is -0.667. The standard InChI is InChI=1S/C17H15Cl2N3O3/c1-22-6-7-25-15-8-10(2-5-14(15)22)16(23)21-17(24)20-11-3-4-12(18)13(19)9-11/h2-5,8-9H,6-7H2,1H3,(H2,20,21,23,24). The number of fused-ring (bicyclic) bond motifs is 1. The number of amides is 3. The Morgan fingerprint density at radius 2 is 1.92 bits per heavy atom. The molecule has 0 fully saturated rings. The van der Waals surface area contributed by atoms with E-state index in [2.05, 4.69) is 10.6 Å². The van der Waals surface area contributed by atoms with Gasteiger partial charge >= 0.3 is 6.03 Å². The molecule has 0 aliphatic carbocycles. The Labute approximate surface area is 154 Å². The normalized spacial score (nSPS) is 12.8. The van der Waals surface area contributed by atoms with Crippen LogP contribution in [0.2, 0.25) is 10.0 Å². The van der Waals surface area contributed by atoms with Gasteiger partial charge in [-0.1, -0.05) is 23.2 Å². The fourth-order valence-corrected chi connectivity index (χ4v) is 2.71. The fraction of sp³-hybridized carbons (Fsp3) is 0.176. The molecule has 130 valence electrons. The first kappa shape index (κ1) is 17.4. The number of imide groups is 1. The summed E-state index contributed by atoms with van der Waals surface area (Å²) in [6, 6.07) is 9.02. The zero-order chi connectivity index (χ0) is 18.0. The monoisotopic (exact) mass is 379 g/mol. The van der Waals surface area contributed by atoms with Gasteiger partial charge in [0.1, 0.15) is 12.4 Å². The zero-order valence-electron chi connectivity index (χ0n) is 13.3. The molecule has 2 aromatic rings. The highest BCUT2D eigenvalue weighted by Crippen LogP contribution is 2.31. The first-order chi connectivity index (χ1) is 11.9. The average Bonchev–Trinajstić information content (AvgIpc) is 2.58. The van der Waals surface area contributed by atoms with E-state index in [0.29, 0.717) is 33.7 Å². The second kappa shape index (κ2) is 7.21. The van der Waals surface area contributed by atoms with Crippen LogP contribution in [0.5, 0.6) is 5.75 Å². The molecule has 0 saturated carbocycles. The SMILES string of the molecule is CN1CCOc2cc(C(=O)NC(=O)Nc3ccc(Cl)c(Cl)c3)ccc21. The molecule has 2 N–H and O–H groups in total. The van der Waals surface area contributed by atoms with E-state index in [4.69, 9.17) is 27.9 Å². The molecule has 0 saturated heterocycles. The van der Waals surface area contributed by atoms with Gasteiger partial charge in [0, 0.05) is 18.3 Å². The van der Waals surface area contributed by atoms with E-state index in [-0.39, 0.29) is 0 Å². The van der Waals surface area contributed by atoms with Crippen LogP contribution >= 0.6 is 23.2 Å². The lowest BCUT2D eigenvalue weighted by molar-refractivity contribution is 0.0966. The Hall–Kier alpha value is -2.44. The minimum absolute atomic E-state index is 0.307. The number of nitrogens with one attached hydrogen (secondary N) is 2. The molecule has 3 amide bonds. The molecular weight excluding hydrogens is 365 g/mol. The molecule has 3 rings (SSSR count). The summed E-state index contributed by atoms with van der Waals surface area (Å²) < 4.78 is 5.56. The molecule has 0 bridgehead atoms. The summed E-state index contributed by atoms with van der Waals surface area (Å²) in [6.45, 7) is 1.33. The zero-order valence-corrected chi connectivity index (χ0v) is 14.8. The van der Waals surface area contributed by atoms with E-state index in [0.717, 1.165) is 12.2 Å². The second-order valence-electron chi connectivity index (χ2n) is 5.49. The molecule has 0 atom stereocenters. The molecule has 0 aromatic heterocycles. The first-order valence-electron chi connectivity index (χ1n) is 7.49. The smallest absolute Gasteiger partial charge is 0.326 e. The Kier molecular flexibility index (Phi) is 5.01. The third-order valence-electron chi connectivity index (χ3n) is 3.72. The van der Waals surface area contributed by atoms with Crippen LogP contribution in [0.15, 0.2) is 36.4 Å². The Bertz CT molecular complexity index is 842.